The van der Waals surface area contributed by atoms with Gasteiger partial charge in [0.1, 0.15) is 0 Å². The van der Waals surface area contributed by atoms with Crippen LogP contribution in [0.25, 0.3) is 0 Å². The lowest BCUT2D eigenvalue weighted by Gasteiger charge is -2.10. The Morgan fingerprint density at radius 1 is 1.19 bits per heavy atom. The Morgan fingerprint density at radius 2 is 1.90 bits per heavy atom. The molecule has 0 amide bonds. The number of anilines is 1. The molecule has 1 atom stereocenters. The van der Waals surface area contributed by atoms with Gasteiger partial charge in [-0.2, -0.15) is 0 Å². The third-order valence-corrected chi connectivity index (χ3v) is 4.89. The third kappa shape index (κ3) is 5.06. The Labute approximate surface area is 137 Å². The zero-order valence-electron chi connectivity index (χ0n) is 12.1. The lowest BCUT2D eigenvalue weighted by atomic mass is 10.2. The predicted octanol–water partition coefficient (Wildman–Crippen LogP) is 4.55. The van der Waals surface area contributed by atoms with Gasteiger partial charge in [-0.3, -0.25) is 4.21 Å². The monoisotopic (exact) mass is 339 g/mol. The highest BCUT2D eigenvalue weighted by molar-refractivity contribution is 7.98. The Bertz CT molecular complexity index is 629. The van der Waals surface area contributed by atoms with Crippen molar-refractivity contribution in [2.24, 2.45) is 0 Å². The normalized spacial score (nSPS) is 12.1. The molecule has 0 spiro atoms. The predicted molar refractivity (Wildman–Crippen MR) is 94.8 cm³/mol. The smallest absolute Gasteiger partial charge is 0.0498 e. The largest absolute Gasteiger partial charge is 0.381 e. The van der Waals surface area contributed by atoms with E-state index < -0.39 is 10.8 Å². The lowest BCUT2D eigenvalue weighted by Crippen LogP contribution is -2.01. The second-order valence-corrected chi connectivity index (χ2v) is 7.45. The van der Waals surface area contributed by atoms with Gasteiger partial charge >= 0.3 is 0 Å². The molecule has 0 aliphatic heterocycles. The summed E-state index contributed by atoms with van der Waals surface area (Å²) in [5.41, 5.74) is 3.14. The molecule has 0 aromatic heterocycles. The molecule has 0 aliphatic rings. The van der Waals surface area contributed by atoms with E-state index in [4.69, 9.17) is 11.6 Å². The molecule has 2 aromatic carbocycles. The van der Waals surface area contributed by atoms with Gasteiger partial charge in [-0.1, -0.05) is 23.7 Å². The Kier molecular flexibility index (Phi) is 6.15. The molecular formula is C16H18ClNOS2. The fourth-order valence-electron chi connectivity index (χ4n) is 1.96. The van der Waals surface area contributed by atoms with Gasteiger partial charge in [-0.05, 0) is 47.7 Å². The van der Waals surface area contributed by atoms with Gasteiger partial charge in [0.05, 0.1) is 0 Å². The van der Waals surface area contributed by atoms with Crippen LogP contribution in [0, 0.1) is 0 Å². The molecular weight excluding hydrogens is 322 g/mol. The van der Waals surface area contributed by atoms with Crippen LogP contribution in [-0.4, -0.2) is 16.7 Å². The SMILES string of the molecule is CSc1ccc(CNc2ccc(Cl)c(CS(C)=O)c2)cc1. The maximum atomic E-state index is 11.3. The van der Waals surface area contributed by atoms with E-state index in [1.54, 1.807) is 18.0 Å². The summed E-state index contributed by atoms with van der Waals surface area (Å²) >= 11 is 7.86. The molecule has 0 saturated carbocycles. The molecule has 0 aliphatic carbocycles. The lowest BCUT2D eigenvalue weighted by molar-refractivity contribution is 0.686. The average Bonchev–Trinajstić information content (AvgIpc) is 2.48. The van der Waals surface area contributed by atoms with E-state index in [0.717, 1.165) is 17.8 Å². The van der Waals surface area contributed by atoms with Crippen LogP contribution in [-0.2, 0) is 23.1 Å². The van der Waals surface area contributed by atoms with Crippen LogP contribution in [0.3, 0.4) is 0 Å². The summed E-state index contributed by atoms with van der Waals surface area (Å²) in [4.78, 5) is 1.26. The Morgan fingerprint density at radius 3 is 2.52 bits per heavy atom. The summed E-state index contributed by atoms with van der Waals surface area (Å²) in [6.07, 6.45) is 3.75. The maximum absolute atomic E-state index is 11.3. The number of hydrogen-bond donors (Lipinski definition) is 1. The molecule has 21 heavy (non-hydrogen) atoms. The van der Waals surface area contributed by atoms with Crippen molar-refractivity contribution >= 4 is 39.8 Å². The molecule has 112 valence electrons. The van der Waals surface area contributed by atoms with E-state index in [1.165, 1.54) is 10.5 Å². The van der Waals surface area contributed by atoms with E-state index in [1.807, 2.05) is 18.2 Å². The van der Waals surface area contributed by atoms with Gasteiger partial charge in [0, 0.05) is 45.0 Å². The van der Waals surface area contributed by atoms with Gasteiger partial charge in [0.15, 0.2) is 0 Å². The Balaban J connectivity index is 2.03. The van der Waals surface area contributed by atoms with Crippen molar-refractivity contribution in [2.75, 3.05) is 17.8 Å². The summed E-state index contributed by atoms with van der Waals surface area (Å²) in [6.45, 7) is 0.755. The van der Waals surface area contributed by atoms with E-state index >= 15 is 0 Å². The molecule has 2 rings (SSSR count). The summed E-state index contributed by atoms with van der Waals surface area (Å²) in [5, 5.41) is 4.04. The van der Waals surface area contributed by atoms with Gasteiger partial charge in [0.25, 0.3) is 0 Å². The molecule has 0 saturated heterocycles. The highest BCUT2D eigenvalue weighted by atomic mass is 35.5. The number of rotatable bonds is 6. The molecule has 2 aromatic rings. The first-order valence-electron chi connectivity index (χ1n) is 6.54. The number of nitrogens with one attached hydrogen (secondary N) is 1. The fourth-order valence-corrected chi connectivity index (χ4v) is 3.31. The van der Waals surface area contributed by atoms with Crippen LogP contribution in [0.4, 0.5) is 5.69 Å². The van der Waals surface area contributed by atoms with Crippen molar-refractivity contribution in [3.05, 3.63) is 58.6 Å². The molecule has 0 bridgehead atoms. The molecule has 1 unspecified atom stereocenters. The van der Waals surface area contributed by atoms with Crippen molar-refractivity contribution in [3.63, 3.8) is 0 Å². The highest BCUT2D eigenvalue weighted by Gasteiger charge is 2.04. The van der Waals surface area contributed by atoms with Crippen LogP contribution in [0.1, 0.15) is 11.1 Å². The van der Waals surface area contributed by atoms with Crippen molar-refractivity contribution in [2.45, 2.75) is 17.2 Å². The molecule has 2 nitrogen and oxygen atoms in total. The number of benzene rings is 2. The van der Waals surface area contributed by atoms with Gasteiger partial charge in [0.2, 0.25) is 0 Å². The quantitative estimate of drug-likeness (QED) is 0.783. The Hall–Kier alpha value is -0.970. The summed E-state index contributed by atoms with van der Waals surface area (Å²) in [5.74, 6) is 0.483. The van der Waals surface area contributed by atoms with Crippen LogP contribution >= 0.6 is 23.4 Å². The second-order valence-electron chi connectivity index (χ2n) is 4.73. The molecule has 5 heteroatoms. The van der Waals surface area contributed by atoms with Crippen molar-refractivity contribution in [1.29, 1.82) is 0 Å². The van der Waals surface area contributed by atoms with Crippen LogP contribution in [0.2, 0.25) is 5.02 Å². The van der Waals surface area contributed by atoms with Crippen molar-refractivity contribution < 1.29 is 4.21 Å². The molecule has 0 fully saturated rings. The standard InChI is InChI=1S/C16H18ClNOS2/c1-20-15-6-3-12(4-7-15)10-18-14-5-8-16(17)13(9-14)11-21(2)19/h3-9,18H,10-11H2,1-2H3. The number of halogens is 1. The van der Waals surface area contributed by atoms with E-state index in [0.29, 0.717) is 10.8 Å². The number of thioether (sulfide) groups is 1. The number of hydrogen-bond acceptors (Lipinski definition) is 3. The zero-order chi connectivity index (χ0) is 15.2. The average molecular weight is 340 g/mol. The minimum atomic E-state index is -0.893. The topological polar surface area (TPSA) is 29.1 Å². The first-order valence-corrected chi connectivity index (χ1v) is 9.86. The van der Waals surface area contributed by atoms with E-state index in [-0.39, 0.29) is 0 Å². The van der Waals surface area contributed by atoms with Gasteiger partial charge in [-0.15, -0.1) is 11.8 Å². The second kappa shape index (κ2) is 7.87. The highest BCUT2D eigenvalue weighted by Crippen LogP contribution is 2.22. The van der Waals surface area contributed by atoms with E-state index in [2.05, 4.69) is 35.8 Å². The first-order chi connectivity index (χ1) is 10.1. The molecule has 0 heterocycles. The van der Waals surface area contributed by atoms with Crippen molar-refractivity contribution in [3.8, 4) is 0 Å². The maximum Gasteiger partial charge on any atom is 0.0498 e. The molecule has 0 radical (unpaired) electrons. The molecule has 1 N–H and O–H groups in total. The van der Waals surface area contributed by atoms with Gasteiger partial charge < -0.3 is 5.32 Å². The minimum Gasteiger partial charge on any atom is -0.381 e. The minimum absolute atomic E-state index is 0.483. The van der Waals surface area contributed by atoms with Crippen LogP contribution in [0.15, 0.2) is 47.4 Å². The zero-order valence-corrected chi connectivity index (χ0v) is 14.4. The van der Waals surface area contributed by atoms with Crippen LogP contribution in [0.5, 0.6) is 0 Å². The summed E-state index contributed by atoms with van der Waals surface area (Å²) in [7, 11) is -0.893. The third-order valence-electron chi connectivity index (χ3n) is 3.06. The summed E-state index contributed by atoms with van der Waals surface area (Å²) < 4.78 is 11.3. The van der Waals surface area contributed by atoms with Crippen molar-refractivity contribution in [1.82, 2.24) is 0 Å². The fraction of sp³-hybridized carbons (Fsp3) is 0.250. The first kappa shape index (κ1) is 16.4. The van der Waals surface area contributed by atoms with E-state index in [9.17, 15) is 4.21 Å². The van der Waals surface area contributed by atoms with Gasteiger partial charge in [-0.25, -0.2) is 0 Å². The van der Waals surface area contributed by atoms with Crippen LogP contribution < -0.4 is 5.32 Å². The summed E-state index contributed by atoms with van der Waals surface area (Å²) in [6, 6.07) is 14.3.